The maximum atomic E-state index is 14.3. The third kappa shape index (κ3) is 4.55. The van der Waals surface area contributed by atoms with E-state index in [0.717, 1.165) is 53.9 Å². The van der Waals surface area contributed by atoms with E-state index in [4.69, 9.17) is 22.1 Å². The van der Waals surface area contributed by atoms with E-state index < -0.39 is 11.7 Å². The Bertz CT molecular complexity index is 1220. The zero-order valence-electron chi connectivity index (χ0n) is 18.1. The summed E-state index contributed by atoms with van der Waals surface area (Å²) in [6, 6.07) is 8.98. The predicted octanol–water partition coefficient (Wildman–Crippen LogP) is 5.70. The number of halogens is 3. The first-order valence-electron chi connectivity index (χ1n) is 11.0. The second kappa shape index (κ2) is 9.65. The fourth-order valence-corrected chi connectivity index (χ4v) is 4.83. The molecule has 5 rings (SSSR count). The molecule has 0 spiro atoms. The van der Waals surface area contributed by atoms with E-state index in [0.29, 0.717) is 11.6 Å². The fourth-order valence-electron chi connectivity index (χ4n) is 4.65. The van der Waals surface area contributed by atoms with Gasteiger partial charge in [-0.2, -0.15) is 0 Å². The van der Waals surface area contributed by atoms with Crippen molar-refractivity contribution in [1.29, 1.82) is 0 Å². The Morgan fingerprint density at radius 1 is 1.27 bits per heavy atom. The van der Waals surface area contributed by atoms with Crippen molar-refractivity contribution in [2.45, 2.75) is 38.1 Å². The van der Waals surface area contributed by atoms with Crippen LogP contribution < -0.4 is 10.5 Å². The Kier molecular flexibility index (Phi) is 6.86. The van der Waals surface area contributed by atoms with Crippen molar-refractivity contribution in [1.82, 2.24) is 9.88 Å². The van der Waals surface area contributed by atoms with Gasteiger partial charge in [-0.05, 0) is 74.1 Å². The number of H-pyrrole nitrogens is 1. The summed E-state index contributed by atoms with van der Waals surface area (Å²) in [5.41, 5.74) is 9.54. The normalized spacial score (nSPS) is 15.2. The van der Waals surface area contributed by atoms with E-state index in [9.17, 15) is 9.18 Å². The highest BCUT2D eigenvalue weighted by Gasteiger charge is 2.30. The van der Waals surface area contributed by atoms with Crippen LogP contribution in [-0.4, -0.2) is 35.0 Å². The summed E-state index contributed by atoms with van der Waals surface area (Å²) in [4.78, 5) is 17.6. The second-order valence-corrected chi connectivity index (χ2v) is 8.95. The molecule has 1 aliphatic heterocycles. The van der Waals surface area contributed by atoms with Crippen LogP contribution >= 0.6 is 24.0 Å². The highest BCUT2D eigenvalue weighted by molar-refractivity contribution is 6.31. The number of ether oxygens (including phenoxy) is 1. The molecule has 3 N–H and O–H groups in total. The average molecular weight is 490 g/mol. The molecule has 3 aromatic rings. The van der Waals surface area contributed by atoms with Crippen LogP contribution in [0.5, 0.6) is 5.75 Å². The Morgan fingerprint density at radius 3 is 2.82 bits per heavy atom. The number of benzene rings is 2. The molecule has 2 aliphatic rings. The number of hydrogen-bond donors (Lipinski definition) is 2. The number of carbonyl (C=O) groups excluding carboxylic acids is 1. The minimum absolute atomic E-state index is 0. The molecule has 0 unspecified atom stereocenters. The summed E-state index contributed by atoms with van der Waals surface area (Å²) in [5, 5.41) is 1.89. The first kappa shape index (κ1) is 23.5. The first-order valence-corrected chi connectivity index (χ1v) is 11.4. The summed E-state index contributed by atoms with van der Waals surface area (Å²) in [6.45, 7) is 1.13. The van der Waals surface area contributed by atoms with Crippen LogP contribution in [0, 0.1) is 5.82 Å². The minimum atomic E-state index is -0.587. The van der Waals surface area contributed by atoms with Crippen LogP contribution in [0.25, 0.3) is 17.0 Å². The molecule has 1 fully saturated rings. The van der Waals surface area contributed by atoms with E-state index in [1.807, 2.05) is 24.3 Å². The summed E-state index contributed by atoms with van der Waals surface area (Å²) in [5.74, 6) is -0.960. The van der Waals surface area contributed by atoms with Crippen molar-refractivity contribution in [3.63, 3.8) is 0 Å². The van der Waals surface area contributed by atoms with Gasteiger partial charge in [-0.1, -0.05) is 11.6 Å². The molecule has 0 bridgehead atoms. The van der Waals surface area contributed by atoms with Gasteiger partial charge < -0.3 is 20.4 Å². The van der Waals surface area contributed by atoms with Gasteiger partial charge in [0, 0.05) is 40.3 Å². The van der Waals surface area contributed by atoms with Gasteiger partial charge in [-0.3, -0.25) is 4.79 Å². The van der Waals surface area contributed by atoms with Gasteiger partial charge >= 0.3 is 0 Å². The van der Waals surface area contributed by atoms with E-state index in [-0.39, 0.29) is 30.3 Å². The number of nitrogens with zero attached hydrogens (tertiary/aromatic N) is 1. The maximum absolute atomic E-state index is 14.3. The highest BCUT2D eigenvalue weighted by atomic mass is 35.5. The number of hydrogen-bond acceptors (Lipinski definition) is 3. The quantitative estimate of drug-likeness (QED) is 0.446. The summed E-state index contributed by atoms with van der Waals surface area (Å²) in [7, 11) is 0. The van der Waals surface area contributed by atoms with Crippen molar-refractivity contribution in [2.24, 2.45) is 5.73 Å². The van der Waals surface area contributed by atoms with Crippen LogP contribution in [0.15, 0.2) is 42.2 Å². The third-order valence-corrected chi connectivity index (χ3v) is 6.78. The van der Waals surface area contributed by atoms with Crippen molar-refractivity contribution in [3.05, 3.63) is 69.8 Å². The maximum Gasteiger partial charge on any atom is 0.249 e. The van der Waals surface area contributed by atoms with E-state index >= 15 is 0 Å². The van der Waals surface area contributed by atoms with Crippen LogP contribution in [0.1, 0.15) is 47.2 Å². The lowest BCUT2D eigenvalue weighted by Crippen LogP contribution is -2.42. The molecule has 2 aromatic carbocycles. The smallest absolute Gasteiger partial charge is 0.249 e. The molecule has 1 amide bonds. The Hall–Kier alpha value is -2.70. The molecule has 33 heavy (non-hydrogen) atoms. The monoisotopic (exact) mass is 489 g/mol. The number of carbonyl (C=O) groups is 1. The van der Waals surface area contributed by atoms with Crippen LogP contribution in [0.3, 0.4) is 0 Å². The van der Waals surface area contributed by atoms with E-state index in [1.54, 1.807) is 0 Å². The van der Waals surface area contributed by atoms with Crippen LogP contribution in [-0.2, 0) is 6.42 Å². The highest BCUT2D eigenvalue weighted by Crippen LogP contribution is 2.36. The molecule has 174 valence electrons. The molecule has 0 radical (unpaired) electrons. The average Bonchev–Trinajstić information content (AvgIpc) is 3.13. The van der Waals surface area contributed by atoms with Crippen LogP contribution in [0.2, 0.25) is 5.02 Å². The van der Waals surface area contributed by atoms with Gasteiger partial charge in [-0.25, -0.2) is 4.39 Å². The number of aromatic amines is 1. The topological polar surface area (TPSA) is 71.4 Å². The first-order chi connectivity index (χ1) is 15.5. The molecule has 0 atom stereocenters. The number of nitrogens with one attached hydrogen (secondary N) is 1. The summed E-state index contributed by atoms with van der Waals surface area (Å²) >= 11 is 6.19. The molecule has 5 nitrogen and oxygen atoms in total. The zero-order valence-corrected chi connectivity index (χ0v) is 19.6. The molecular formula is C25H26Cl2FN3O2. The number of primary amides is 1. The molecule has 2 heterocycles. The van der Waals surface area contributed by atoms with E-state index in [1.165, 1.54) is 24.1 Å². The minimum Gasteiger partial charge on any atom is -0.484 e. The molecule has 8 heteroatoms. The number of fused-ring (bicyclic) bond motifs is 2. The molecule has 1 aromatic heterocycles. The van der Waals surface area contributed by atoms with Crippen molar-refractivity contribution < 1.29 is 13.9 Å². The lowest BCUT2D eigenvalue weighted by molar-refractivity contribution is 0.0999. The van der Waals surface area contributed by atoms with Gasteiger partial charge in [0.1, 0.15) is 6.61 Å². The van der Waals surface area contributed by atoms with Gasteiger partial charge in [0.2, 0.25) is 5.91 Å². The SMILES string of the molecule is Cl.NC(=O)c1ccc(F)c2c1C=C(N(CCCc1c[nH]c3ccc(Cl)cc13)C1CCC1)CO2. The number of aromatic nitrogens is 1. The fraction of sp³-hybridized carbons (Fsp3) is 0.320. The van der Waals surface area contributed by atoms with Gasteiger partial charge in [0.25, 0.3) is 0 Å². The Labute approximate surface area is 203 Å². The molecule has 0 saturated heterocycles. The number of aryl methyl sites for hydroxylation is 1. The summed E-state index contributed by atoms with van der Waals surface area (Å²) in [6.07, 6.45) is 9.24. The van der Waals surface area contributed by atoms with Crippen molar-refractivity contribution in [3.8, 4) is 5.75 Å². The largest absolute Gasteiger partial charge is 0.484 e. The van der Waals surface area contributed by atoms with E-state index in [2.05, 4.69) is 16.1 Å². The van der Waals surface area contributed by atoms with Gasteiger partial charge in [0.05, 0.1) is 11.3 Å². The van der Waals surface area contributed by atoms with Crippen LogP contribution in [0.4, 0.5) is 4.39 Å². The van der Waals surface area contributed by atoms with Gasteiger partial charge in [0.15, 0.2) is 11.6 Å². The standard InChI is InChI=1S/C25H25ClFN3O2.ClH/c26-16-6-9-23-20(11-16)15(13-29-23)3-2-10-30(17-4-1-5-17)18-12-21-19(25(28)31)7-8-22(27)24(21)32-14-18;/h6-9,11-13,17,29H,1-5,10,14H2,(H2,28,31);1H. The Balaban J connectivity index is 0.00000259. The van der Waals surface area contributed by atoms with Crippen molar-refractivity contribution >= 4 is 46.9 Å². The number of amides is 1. The number of rotatable bonds is 7. The Morgan fingerprint density at radius 2 is 2.09 bits per heavy atom. The third-order valence-electron chi connectivity index (χ3n) is 6.55. The zero-order chi connectivity index (χ0) is 22.2. The lowest BCUT2D eigenvalue weighted by atomic mass is 9.90. The lowest BCUT2D eigenvalue weighted by Gasteiger charge is -2.41. The molecule has 1 aliphatic carbocycles. The van der Waals surface area contributed by atoms with Crippen molar-refractivity contribution in [2.75, 3.05) is 13.2 Å². The second-order valence-electron chi connectivity index (χ2n) is 8.51. The molecular weight excluding hydrogens is 464 g/mol. The van der Waals surface area contributed by atoms with Gasteiger partial charge in [-0.15, -0.1) is 12.4 Å². The number of nitrogens with two attached hydrogens (primary N) is 1. The summed E-state index contributed by atoms with van der Waals surface area (Å²) < 4.78 is 20.0. The molecule has 1 saturated carbocycles. The predicted molar refractivity (Wildman–Crippen MR) is 132 cm³/mol.